The van der Waals surface area contributed by atoms with Gasteiger partial charge < -0.3 is 10.5 Å². The van der Waals surface area contributed by atoms with Crippen LogP contribution in [-0.4, -0.2) is 37.2 Å². The number of ether oxygens (including phenoxy) is 1. The Kier molecular flexibility index (Phi) is 4.91. The predicted molar refractivity (Wildman–Crippen MR) is 74.8 cm³/mol. The second-order valence-corrected chi connectivity index (χ2v) is 5.60. The van der Waals surface area contributed by atoms with Crippen LogP contribution >= 0.6 is 0 Å². The van der Waals surface area contributed by atoms with Crippen molar-refractivity contribution < 1.29 is 17.9 Å². The van der Waals surface area contributed by atoms with Gasteiger partial charge in [0.15, 0.2) is 0 Å². The number of likely N-dealkylation sites (N-methyl/N-ethyl adjacent to an activating group) is 1. The molecule has 0 radical (unpaired) electrons. The molecule has 0 bridgehead atoms. The van der Waals surface area contributed by atoms with E-state index < -0.39 is 17.8 Å². The normalized spacial score (nSPS) is 24.5. The number of alkyl halides is 3. The van der Waals surface area contributed by atoms with Crippen LogP contribution in [0, 0.1) is 0 Å². The van der Waals surface area contributed by atoms with Gasteiger partial charge in [0.1, 0.15) is 0 Å². The van der Waals surface area contributed by atoms with Crippen LogP contribution in [0.4, 0.5) is 13.2 Å². The van der Waals surface area contributed by atoms with Crippen LogP contribution < -0.4 is 5.73 Å². The monoisotopic (exact) mass is 302 g/mol. The van der Waals surface area contributed by atoms with E-state index in [9.17, 15) is 13.2 Å². The van der Waals surface area contributed by atoms with Gasteiger partial charge in [-0.15, -0.1) is 0 Å². The molecule has 0 amide bonds. The number of rotatable bonds is 4. The first-order valence-electron chi connectivity index (χ1n) is 7.03. The Bertz CT molecular complexity index is 478. The molecule has 0 aliphatic carbocycles. The summed E-state index contributed by atoms with van der Waals surface area (Å²) >= 11 is 0. The number of nitrogens with two attached hydrogens (primary N) is 1. The molecule has 1 aromatic rings. The highest BCUT2D eigenvalue weighted by Crippen LogP contribution is 2.30. The van der Waals surface area contributed by atoms with Gasteiger partial charge in [-0.2, -0.15) is 13.2 Å². The molecular formula is C15H21F3N2O. The van der Waals surface area contributed by atoms with E-state index in [1.54, 1.807) is 6.07 Å². The van der Waals surface area contributed by atoms with Crippen molar-refractivity contribution in [2.45, 2.75) is 37.7 Å². The van der Waals surface area contributed by atoms with Crippen LogP contribution in [0.3, 0.4) is 0 Å². The second-order valence-electron chi connectivity index (χ2n) is 5.60. The fourth-order valence-electron chi connectivity index (χ4n) is 2.80. The molecule has 0 spiro atoms. The van der Waals surface area contributed by atoms with E-state index in [-0.39, 0.29) is 12.1 Å². The summed E-state index contributed by atoms with van der Waals surface area (Å²) in [5.74, 6) is 0. The van der Waals surface area contributed by atoms with Gasteiger partial charge in [-0.1, -0.05) is 12.1 Å². The van der Waals surface area contributed by atoms with Crippen molar-refractivity contribution in [2.75, 3.05) is 20.2 Å². The molecule has 1 heterocycles. The zero-order valence-electron chi connectivity index (χ0n) is 12.2. The standard InChI is InChI=1S/C15H21F3N2O/c1-10-14(6-7-21-10)20(2)9-13(19)11-4-3-5-12(8-11)15(16,17)18/h3-5,8,10,13-14H,6-7,9,19H2,1-2H3. The van der Waals surface area contributed by atoms with Gasteiger partial charge in [0.2, 0.25) is 0 Å². The average molecular weight is 302 g/mol. The molecule has 3 atom stereocenters. The fraction of sp³-hybridized carbons (Fsp3) is 0.600. The number of hydrogen-bond acceptors (Lipinski definition) is 3. The predicted octanol–water partition coefficient (Wildman–Crippen LogP) is 2.81. The van der Waals surface area contributed by atoms with Crippen molar-refractivity contribution in [2.24, 2.45) is 5.73 Å². The van der Waals surface area contributed by atoms with Crippen LogP contribution in [0.2, 0.25) is 0 Å². The van der Waals surface area contributed by atoms with E-state index in [2.05, 4.69) is 4.90 Å². The minimum absolute atomic E-state index is 0.128. The number of nitrogens with zero attached hydrogens (tertiary/aromatic N) is 1. The Balaban J connectivity index is 2.04. The molecule has 21 heavy (non-hydrogen) atoms. The molecule has 6 heteroatoms. The smallest absolute Gasteiger partial charge is 0.377 e. The van der Waals surface area contributed by atoms with Crippen molar-refractivity contribution in [1.29, 1.82) is 0 Å². The minimum atomic E-state index is -4.34. The topological polar surface area (TPSA) is 38.5 Å². The average Bonchev–Trinajstić information content (AvgIpc) is 2.84. The summed E-state index contributed by atoms with van der Waals surface area (Å²) < 4.78 is 43.7. The molecule has 3 nitrogen and oxygen atoms in total. The summed E-state index contributed by atoms with van der Waals surface area (Å²) in [5, 5.41) is 0. The Labute approximate surface area is 122 Å². The molecule has 0 saturated carbocycles. The van der Waals surface area contributed by atoms with Crippen molar-refractivity contribution in [3.63, 3.8) is 0 Å². The molecule has 2 N–H and O–H groups in total. The molecule has 1 saturated heterocycles. The van der Waals surface area contributed by atoms with Crippen molar-refractivity contribution in [3.05, 3.63) is 35.4 Å². The summed E-state index contributed by atoms with van der Waals surface area (Å²) in [5.41, 5.74) is 5.92. The number of halogens is 3. The minimum Gasteiger partial charge on any atom is -0.377 e. The Morgan fingerprint density at radius 2 is 2.14 bits per heavy atom. The van der Waals surface area contributed by atoms with Gasteiger partial charge in [-0.05, 0) is 38.1 Å². The molecule has 0 aromatic heterocycles. The molecule has 118 valence electrons. The van der Waals surface area contributed by atoms with E-state index in [1.165, 1.54) is 6.07 Å². The van der Waals surface area contributed by atoms with Gasteiger partial charge in [-0.3, -0.25) is 4.90 Å². The van der Waals surface area contributed by atoms with Crippen LogP contribution in [0.5, 0.6) is 0 Å². The highest BCUT2D eigenvalue weighted by Gasteiger charge is 2.32. The summed E-state index contributed by atoms with van der Waals surface area (Å²) in [4.78, 5) is 2.07. The van der Waals surface area contributed by atoms with Gasteiger partial charge in [0.25, 0.3) is 0 Å². The van der Waals surface area contributed by atoms with Crippen molar-refractivity contribution in [3.8, 4) is 0 Å². The lowest BCUT2D eigenvalue weighted by molar-refractivity contribution is -0.137. The van der Waals surface area contributed by atoms with Crippen LogP contribution in [-0.2, 0) is 10.9 Å². The van der Waals surface area contributed by atoms with E-state index in [0.29, 0.717) is 12.1 Å². The highest BCUT2D eigenvalue weighted by atomic mass is 19.4. The second kappa shape index (κ2) is 6.34. The third-order valence-corrected chi connectivity index (χ3v) is 4.03. The molecular weight excluding hydrogens is 281 g/mol. The Morgan fingerprint density at radius 1 is 1.43 bits per heavy atom. The van der Waals surface area contributed by atoms with Gasteiger partial charge >= 0.3 is 6.18 Å². The zero-order valence-corrected chi connectivity index (χ0v) is 12.2. The maximum absolute atomic E-state index is 12.7. The molecule has 1 aliphatic rings. The van der Waals surface area contributed by atoms with Crippen LogP contribution in [0.15, 0.2) is 24.3 Å². The largest absolute Gasteiger partial charge is 0.416 e. The molecule has 1 aromatic carbocycles. The maximum Gasteiger partial charge on any atom is 0.416 e. The number of benzene rings is 1. The van der Waals surface area contributed by atoms with Crippen molar-refractivity contribution >= 4 is 0 Å². The first kappa shape index (κ1) is 16.3. The molecule has 1 fully saturated rings. The lowest BCUT2D eigenvalue weighted by atomic mass is 10.0. The van der Waals surface area contributed by atoms with Crippen LogP contribution in [0.25, 0.3) is 0 Å². The Hall–Kier alpha value is -1.11. The van der Waals surface area contributed by atoms with E-state index in [1.807, 2.05) is 14.0 Å². The lowest BCUT2D eigenvalue weighted by Crippen LogP contribution is -2.40. The molecule has 2 rings (SSSR count). The fourth-order valence-corrected chi connectivity index (χ4v) is 2.80. The highest BCUT2D eigenvalue weighted by molar-refractivity contribution is 5.28. The van der Waals surface area contributed by atoms with Gasteiger partial charge in [-0.25, -0.2) is 0 Å². The summed E-state index contributed by atoms with van der Waals surface area (Å²) in [6.07, 6.45) is -3.29. The van der Waals surface area contributed by atoms with E-state index >= 15 is 0 Å². The summed E-state index contributed by atoms with van der Waals surface area (Å²) in [6, 6.07) is 5.05. The Morgan fingerprint density at radius 3 is 2.71 bits per heavy atom. The van der Waals surface area contributed by atoms with Crippen LogP contribution in [0.1, 0.15) is 30.5 Å². The van der Waals surface area contributed by atoms with E-state index in [0.717, 1.165) is 25.2 Å². The van der Waals surface area contributed by atoms with E-state index in [4.69, 9.17) is 10.5 Å². The van der Waals surface area contributed by atoms with Gasteiger partial charge in [0.05, 0.1) is 11.7 Å². The summed E-state index contributed by atoms with van der Waals surface area (Å²) in [6.45, 7) is 3.22. The zero-order chi connectivity index (χ0) is 15.6. The first-order chi connectivity index (χ1) is 9.79. The summed E-state index contributed by atoms with van der Waals surface area (Å²) in [7, 11) is 1.93. The lowest BCUT2D eigenvalue weighted by Gasteiger charge is -2.29. The quantitative estimate of drug-likeness (QED) is 0.929. The maximum atomic E-state index is 12.7. The third kappa shape index (κ3) is 3.96. The van der Waals surface area contributed by atoms with Crippen molar-refractivity contribution in [1.82, 2.24) is 4.90 Å². The SMILES string of the molecule is CC1OCCC1N(C)CC(N)c1cccc(C(F)(F)F)c1. The number of hydrogen-bond donors (Lipinski definition) is 1. The molecule has 3 unspecified atom stereocenters. The van der Waals surface area contributed by atoms with Gasteiger partial charge in [0, 0.05) is 25.2 Å². The first-order valence-corrected chi connectivity index (χ1v) is 7.03. The third-order valence-electron chi connectivity index (χ3n) is 4.03. The molecule has 1 aliphatic heterocycles.